The highest BCUT2D eigenvalue weighted by atomic mass is 32.2. The maximum absolute atomic E-state index is 12.2. The number of halogens is 3. The zero-order chi connectivity index (χ0) is 14.6. The molecule has 1 saturated carbocycles. The lowest BCUT2D eigenvalue weighted by molar-refractivity contribution is -0.0328. The summed E-state index contributed by atoms with van der Waals surface area (Å²) in [6, 6.07) is 6.72. The molecule has 1 N–H and O–H groups in total. The first kappa shape index (κ1) is 15.5. The minimum absolute atomic E-state index is 0.0882. The van der Waals surface area contributed by atoms with Crippen molar-refractivity contribution >= 4 is 17.4 Å². The third-order valence-corrected chi connectivity index (χ3v) is 4.16. The van der Waals surface area contributed by atoms with Crippen LogP contribution in [-0.4, -0.2) is 24.8 Å². The number of hydrogen-bond acceptors (Lipinski definition) is 3. The topological polar surface area (TPSA) is 21.3 Å². The van der Waals surface area contributed by atoms with Gasteiger partial charge in [-0.1, -0.05) is 0 Å². The molecule has 0 amide bonds. The number of alkyl halides is 3. The van der Waals surface area contributed by atoms with E-state index in [-0.39, 0.29) is 22.8 Å². The Bertz CT molecular complexity index is 421. The van der Waals surface area contributed by atoms with Crippen molar-refractivity contribution < 1.29 is 17.9 Å². The summed E-state index contributed by atoms with van der Waals surface area (Å²) in [7, 11) is 1.72. The van der Waals surface area contributed by atoms with Crippen LogP contribution in [0.15, 0.2) is 29.2 Å². The molecule has 0 bridgehead atoms. The first-order valence-corrected chi connectivity index (χ1v) is 7.43. The molecule has 0 heterocycles. The van der Waals surface area contributed by atoms with Gasteiger partial charge in [-0.2, -0.15) is 13.2 Å². The average molecular weight is 305 g/mol. The van der Waals surface area contributed by atoms with E-state index in [2.05, 4.69) is 5.32 Å². The molecule has 2 unspecified atom stereocenters. The molecule has 20 heavy (non-hydrogen) atoms. The zero-order valence-corrected chi connectivity index (χ0v) is 12.1. The largest absolute Gasteiger partial charge is 0.446 e. The summed E-state index contributed by atoms with van der Waals surface area (Å²) in [5, 5.41) is 3.36. The molecule has 2 rings (SSSR count). The molecule has 2 atom stereocenters. The van der Waals surface area contributed by atoms with Crippen LogP contribution >= 0.6 is 11.8 Å². The number of thioether (sulfide) groups is 1. The van der Waals surface area contributed by atoms with E-state index in [4.69, 9.17) is 4.74 Å². The summed E-state index contributed by atoms with van der Waals surface area (Å²) in [6.07, 6.45) is 4.48. The molecule has 112 valence electrons. The van der Waals surface area contributed by atoms with E-state index in [1.54, 1.807) is 19.2 Å². The summed E-state index contributed by atoms with van der Waals surface area (Å²) in [5.41, 5.74) is -3.37. The molecule has 0 aliphatic heterocycles. The highest BCUT2D eigenvalue weighted by Gasteiger charge is 2.29. The smallest absolute Gasteiger partial charge is 0.382 e. The van der Waals surface area contributed by atoms with Crippen LogP contribution in [0.5, 0.6) is 0 Å². The quantitative estimate of drug-likeness (QED) is 0.817. The molecule has 1 aliphatic carbocycles. The Labute approximate surface area is 121 Å². The molecule has 0 aromatic heterocycles. The van der Waals surface area contributed by atoms with E-state index < -0.39 is 5.51 Å². The first-order chi connectivity index (χ1) is 9.46. The fraction of sp³-hybridized carbons (Fsp3) is 0.571. The molecule has 1 aromatic rings. The van der Waals surface area contributed by atoms with E-state index in [0.29, 0.717) is 6.04 Å². The van der Waals surface area contributed by atoms with E-state index >= 15 is 0 Å². The van der Waals surface area contributed by atoms with Crippen LogP contribution in [-0.2, 0) is 4.74 Å². The lowest BCUT2D eigenvalue weighted by Crippen LogP contribution is -2.30. The van der Waals surface area contributed by atoms with Crippen molar-refractivity contribution in [1.82, 2.24) is 0 Å². The maximum atomic E-state index is 12.2. The Kier molecular flexibility index (Phi) is 5.21. The molecule has 6 heteroatoms. The van der Waals surface area contributed by atoms with Crippen molar-refractivity contribution in [3.63, 3.8) is 0 Å². The molecule has 1 fully saturated rings. The highest BCUT2D eigenvalue weighted by molar-refractivity contribution is 8.00. The van der Waals surface area contributed by atoms with Gasteiger partial charge >= 0.3 is 5.51 Å². The van der Waals surface area contributed by atoms with Crippen LogP contribution in [0.3, 0.4) is 0 Å². The predicted octanol–water partition coefficient (Wildman–Crippen LogP) is 4.67. The number of hydrogen-bond donors (Lipinski definition) is 1. The number of rotatable bonds is 4. The monoisotopic (exact) mass is 305 g/mol. The maximum Gasteiger partial charge on any atom is 0.446 e. The van der Waals surface area contributed by atoms with Crippen LogP contribution in [0.4, 0.5) is 18.9 Å². The SMILES string of the molecule is COC1CCCC(Nc2ccc(SC(F)(F)F)cc2)C1. The molecular weight excluding hydrogens is 287 g/mol. The molecule has 2 nitrogen and oxygen atoms in total. The van der Waals surface area contributed by atoms with Crippen molar-refractivity contribution in [1.29, 1.82) is 0 Å². The second kappa shape index (κ2) is 6.72. The third kappa shape index (κ3) is 4.90. The number of benzene rings is 1. The Balaban J connectivity index is 1.90. The number of ether oxygens (including phenoxy) is 1. The second-order valence-electron chi connectivity index (χ2n) is 4.94. The van der Waals surface area contributed by atoms with Crippen LogP contribution in [0, 0.1) is 0 Å². The zero-order valence-electron chi connectivity index (χ0n) is 11.2. The second-order valence-corrected chi connectivity index (χ2v) is 6.08. The van der Waals surface area contributed by atoms with Gasteiger partial charge in [-0.05, 0) is 61.7 Å². The molecule has 0 radical (unpaired) electrons. The lowest BCUT2D eigenvalue weighted by Gasteiger charge is -2.29. The van der Waals surface area contributed by atoms with Crippen molar-refractivity contribution in [3.05, 3.63) is 24.3 Å². The van der Waals surface area contributed by atoms with E-state index in [1.807, 2.05) is 0 Å². The van der Waals surface area contributed by atoms with Crippen molar-refractivity contribution in [2.45, 2.75) is 48.2 Å². The van der Waals surface area contributed by atoms with Gasteiger partial charge in [0.25, 0.3) is 0 Å². The fourth-order valence-corrected chi connectivity index (χ4v) is 3.02. The van der Waals surface area contributed by atoms with Gasteiger partial charge in [0.05, 0.1) is 6.10 Å². The minimum Gasteiger partial charge on any atom is -0.382 e. The number of nitrogens with one attached hydrogen (secondary N) is 1. The Morgan fingerprint density at radius 1 is 1.20 bits per heavy atom. The van der Waals surface area contributed by atoms with Gasteiger partial charge in [-0.25, -0.2) is 0 Å². The molecular formula is C14H18F3NOS. The van der Waals surface area contributed by atoms with E-state index in [0.717, 1.165) is 31.4 Å². The summed E-state index contributed by atoms with van der Waals surface area (Å²) < 4.78 is 42.1. The van der Waals surface area contributed by atoms with Gasteiger partial charge in [-0.15, -0.1) is 0 Å². The standard InChI is InChI=1S/C14H18F3NOS/c1-19-12-4-2-3-11(9-12)18-10-5-7-13(8-6-10)20-14(15,16)17/h5-8,11-12,18H,2-4,9H2,1H3. The van der Waals surface area contributed by atoms with Crippen molar-refractivity contribution in [3.8, 4) is 0 Å². The third-order valence-electron chi connectivity index (χ3n) is 3.42. The minimum atomic E-state index is -4.23. The molecule has 0 saturated heterocycles. The summed E-state index contributed by atoms with van der Waals surface area (Å²) in [4.78, 5) is 0.210. The Morgan fingerprint density at radius 3 is 2.50 bits per heavy atom. The van der Waals surface area contributed by atoms with E-state index in [9.17, 15) is 13.2 Å². The first-order valence-electron chi connectivity index (χ1n) is 6.61. The van der Waals surface area contributed by atoms with Crippen LogP contribution in [0.2, 0.25) is 0 Å². The van der Waals surface area contributed by atoms with E-state index in [1.165, 1.54) is 12.1 Å². The molecule has 1 aliphatic rings. The van der Waals surface area contributed by atoms with Crippen molar-refractivity contribution in [2.24, 2.45) is 0 Å². The van der Waals surface area contributed by atoms with Gasteiger partial charge in [0.1, 0.15) is 0 Å². The Morgan fingerprint density at radius 2 is 1.90 bits per heavy atom. The van der Waals surface area contributed by atoms with Gasteiger partial charge in [0, 0.05) is 23.7 Å². The van der Waals surface area contributed by atoms with Crippen LogP contribution in [0.1, 0.15) is 25.7 Å². The highest BCUT2D eigenvalue weighted by Crippen LogP contribution is 2.37. The van der Waals surface area contributed by atoms with Gasteiger partial charge < -0.3 is 10.1 Å². The van der Waals surface area contributed by atoms with Gasteiger partial charge in [0.15, 0.2) is 0 Å². The number of methoxy groups -OCH3 is 1. The average Bonchev–Trinajstić information content (AvgIpc) is 2.40. The Hall–Kier alpha value is -0.880. The lowest BCUT2D eigenvalue weighted by atomic mass is 9.92. The summed E-state index contributed by atoms with van der Waals surface area (Å²) >= 11 is -0.0882. The fourth-order valence-electron chi connectivity index (χ4n) is 2.48. The van der Waals surface area contributed by atoms with Crippen molar-refractivity contribution in [2.75, 3.05) is 12.4 Å². The normalized spacial score (nSPS) is 23.6. The molecule has 0 spiro atoms. The van der Waals surface area contributed by atoms with Crippen LogP contribution < -0.4 is 5.32 Å². The molecule has 1 aromatic carbocycles. The number of anilines is 1. The van der Waals surface area contributed by atoms with Gasteiger partial charge in [0.2, 0.25) is 0 Å². The summed E-state index contributed by atoms with van der Waals surface area (Å²) in [6.45, 7) is 0. The summed E-state index contributed by atoms with van der Waals surface area (Å²) in [5.74, 6) is 0. The predicted molar refractivity (Wildman–Crippen MR) is 75.0 cm³/mol. The van der Waals surface area contributed by atoms with Gasteiger partial charge in [-0.3, -0.25) is 0 Å². The van der Waals surface area contributed by atoms with Crippen LogP contribution in [0.25, 0.3) is 0 Å².